The molecule has 3 aromatic rings. The van der Waals surface area contributed by atoms with E-state index in [9.17, 15) is 17.6 Å². The van der Waals surface area contributed by atoms with E-state index in [1.165, 1.54) is 16.8 Å². The fraction of sp³-hybridized carbons (Fsp3) is 0.133. The third-order valence-corrected chi connectivity index (χ3v) is 3.75. The Kier molecular flexibility index (Phi) is 4.91. The highest BCUT2D eigenvalue weighted by Crippen LogP contribution is 2.27. The second-order valence-electron chi connectivity index (χ2n) is 5.00. The molecule has 0 fully saturated rings. The summed E-state index contributed by atoms with van der Waals surface area (Å²) in [6.07, 6.45) is 0.557. The van der Waals surface area contributed by atoms with Crippen LogP contribution in [0.4, 0.5) is 17.6 Å². The van der Waals surface area contributed by atoms with Crippen LogP contribution >= 0.6 is 23.2 Å². The average molecular weight is 391 g/mol. The third kappa shape index (κ3) is 3.74. The molecule has 3 rings (SSSR count). The summed E-state index contributed by atoms with van der Waals surface area (Å²) in [7, 11) is 0. The lowest BCUT2D eigenvalue weighted by Gasteiger charge is -2.08. The predicted molar refractivity (Wildman–Crippen MR) is 83.7 cm³/mol. The van der Waals surface area contributed by atoms with Crippen LogP contribution in [-0.2, 0) is 6.54 Å². The second kappa shape index (κ2) is 6.97. The fourth-order valence-electron chi connectivity index (χ4n) is 2.16. The summed E-state index contributed by atoms with van der Waals surface area (Å²) in [5, 5.41) is -0.184. The van der Waals surface area contributed by atoms with Crippen LogP contribution in [0.2, 0.25) is 10.0 Å². The van der Waals surface area contributed by atoms with Gasteiger partial charge in [0, 0.05) is 24.2 Å². The average Bonchev–Trinajstić information content (AvgIpc) is 2.97. The summed E-state index contributed by atoms with van der Waals surface area (Å²) in [6.45, 7) is -0.187. The van der Waals surface area contributed by atoms with Gasteiger partial charge in [-0.2, -0.15) is 4.39 Å². The van der Waals surface area contributed by atoms with Crippen LogP contribution in [0.1, 0.15) is 17.8 Å². The quantitative estimate of drug-likeness (QED) is 0.469. The molecule has 0 aliphatic heterocycles. The minimum absolute atomic E-state index is 0.0231. The topological polar surface area (TPSA) is 43.6 Å². The zero-order valence-electron chi connectivity index (χ0n) is 12.2. The number of imidazole rings is 1. The Labute approximate surface area is 149 Å². The van der Waals surface area contributed by atoms with E-state index in [0.717, 1.165) is 18.5 Å². The number of rotatable bonds is 4. The standard InChI is InChI=1S/C15H8Cl2F4N4/c16-8-2-10(18)11(22-4-8)5-25-6-12(13(19)20)24-15(25)7-1-9(17)14(21)23-3-7/h1-4,6,13H,5H2. The summed E-state index contributed by atoms with van der Waals surface area (Å²) in [6, 6.07) is 2.26. The SMILES string of the molecule is Fc1cc(Cl)cnc1Cn1cc(C(F)F)nc1-c1cnc(F)c(Cl)c1. The first kappa shape index (κ1) is 17.6. The van der Waals surface area contributed by atoms with Crippen LogP contribution in [0.3, 0.4) is 0 Å². The number of halogens is 6. The fourth-order valence-corrected chi connectivity index (χ4v) is 2.47. The maximum Gasteiger partial charge on any atom is 0.281 e. The van der Waals surface area contributed by atoms with E-state index in [1.54, 1.807) is 0 Å². The van der Waals surface area contributed by atoms with E-state index in [2.05, 4.69) is 15.0 Å². The van der Waals surface area contributed by atoms with E-state index in [1.807, 2.05) is 0 Å². The van der Waals surface area contributed by atoms with Crippen molar-refractivity contribution in [3.05, 3.63) is 63.9 Å². The van der Waals surface area contributed by atoms with Crippen LogP contribution in [0, 0.1) is 11.8 Å². The Bertz CT molecular complexity index is 930. The molecule has 0 radical (unpaired) electrons. The zero-order chi connectivity index (χ0) is 18.1. The molecular formula is C15H8Cl2F4N4. The number of hydrogen-bond acceptors (Lipinski definition) is 3. The van der Waals surface area contributed by atoms with Gasteiger partial charge in [0.1, 0.15) is 17.3 Å². The highest BCUT2D eigenvalue weighted by molar-refractivity contribution is 6.31. The molecule has 0 aliphatic carbocycles. The van der Waals surface area contributed by atoms with Crippen LogP contribution in [0.25, 0.3) is 11.4 Å². The molecule has 0 saturated heterocycles. The third-order valence-electron chi connectivity index (χ3n) is 3.28. The van der Waals surface area contributed by atoms with Crippen molar-refractivity contribution in [3.8, 4) is 11.4 Å². The highest BCUT2D eigenvalue weighted by atomic mass is 35.5. The minimum Gasteiger partial charge on any atom is -0.324 e. The Morgan fingerprint density at radius 1 is 1.08 bits per heavy atom. The molecule has 0 aromatic carbocycles. The molecule has 0 amide bonds. The van der Waals surface area contributed by atoms with Crippen LogP contribution in [0.5, 0.6) is 0 Å². The summed E-state index contributed by atoms with van der Waals surface area (Å²) in [4.78, 5) is 11.1. The van der Waals surface area contributed by atoms with E-state index in [0.29, 0.717) is 0 Å². The lowest BCUT2D eigenvalue weighted by molar-refractivity contribution is 0.146. The molecule has 4 nitrogen and oxygen atoms in total. The van der Waals surface area contributed by atoms with Crippen LogP contribution < -0.4 is 0 Å². The van der Waals surface area contributed by atoms with Gasteiger partial charge in [0.05, 0.1) is 22.3 Å². The molecule has 10 heteroatoms. The number of alkyl halides is 2. The van der Waals surface area contributed by atoms with Crippen molar-refractivity contribution in [2.45, 2.75) is 13.0 Å². The lowest BCUT2D eigenvalue weighted by Crippen LogP contribution is -2.05. The molecule has 130 valence electrons. The molecule has 0 atom stereocenters. The molecular weight excluding hydrogens is 383 g/mol. The van der Waals surface area contributed by atoms with Gasteiger partial charge in [-0.3, -0.25) is 4.98 Å². The van der Waals surface area contributed by atoms with Crippen LogP contribution in [-0.4, -0.2) is 19.5 Å². The molecule has 0 N–H and O–H groups in total. The van der Waals surface area contributed by atoms with Gasteiger partial charge in [-0.05, 0) is 12.1 Å². The number of aromatic nitrogens is 4. The molecule has 0 saturated carbocycles. The number of nitrogens with zero attached hydrogens (tertiary/aromatic N) is 4. The summed E-state index contributed by atoms with van der Waals surface area (Å²) < 4.78 is 54.4. The van der Waals surface area contributed by atoms with Crippen molar-refractivity contribution in [1.29, 1.82) is 0 Å². The molecule has 3 heterocycles. The van der Waals surface area contributed by atoms with Crippen LogP contribution in [0.15, 0.2) is 30.7 Å². The van der Waals surface area contributed by atoms with E-state index in [-0.39, 0.29) is 33.7 Å². The molecule has 0 spiro atoms. The van der Waals surface area contributed by atoms with E-state index >= 15 is 0 Å². The molecule has 25 heavy (non-hydrogen) atoms. The lowest BCUT2D eigenvalue weighted by atomic mass is 10.2. The van der Waals surface area contributed by atoms with Crippen molar-refractivity contribution in [2.75, 3.05) is 0 Å². The number of pyridine rings is 2. The van der Waals surface area contributed by atoms with Crippen molar-refractivity contribution in [1.82, 2.24) is 19.5 Å². The normalized spacial score (nSPS) is 11.3. The second-order valence-corrected chi connectivity index (χ2v) is 5.84. The summed E-state index contributed by atoms with van der Waals surface area (Å²) in [5.74, 6) is -1.56. The smallest absolute Gasteiger partial charge is 0.281 e. The largest absolute Gasteiger partial charge is 0.324 e. The first-order chi connectivity index (χ1) is 11.8. The van der Waals surface area contributed by atoms with Gasteiger partial charge in [0.25, 0.3) is 6.43 Å². The maximum atomic E-state index is 13.9. The van der Waals surface area contributed by atoms with E-state index in [4.69, 9.17) is 23.2 Å². The summed E-state index contributed by atoms with van der Waals surface area (Å²) in [5.41, 5.74) is -0.345. The van der Waals surface area contributed by atoms with Gasteiger partial charge in [-0.25, -0.2) is 23.1 Å². The zero-order valence-corrected chi connectivity index (χ0v) is 13.7. The molecule has 0 aliphatic rings. The predicted octanol–water partition coefficient (Wildman–Crippen LogP) is 4.91. The molecule has 0 bridgehead atoms. The number of hydrogen-bond donors (Lipinski definition) is 0. The Morgan fingerprint density at radius 3 is 2.48 bits per heavy atom. The maximum absolute atomic E-state index is 13.9. The Balaban J connectivity index is 2.07. The van der Waals surface area contributed by atoms with Crippen molar-refractivity contribution in [3.63, 3.8) is 0 Å². The first-order valence-electron chi connectivity index (χ1n) is 6.81. The monoisotopic (exact) mass is 390 g/mol. The Morgan fingerprint density at radius 2 is 1.84 bits per heavy atom. The first-order valence-corrected chi connectivity index (χ1v) is 7.57. The Hall–Kier alpha value is -2.19. The molecule has 3 aromatic heterocycles. The van der Waals surface area contributed by atoms with Gasteiger partial charge in [-0.1, -0.05) is 23.2 Å². The molecule has 0 unspecified atom stereocenters. The van der Waals surface area contributed by atoms with Gasteiger partial charge >= 0.3 is 0 Å². The highest BCUT2D eigenvalue weighted by Gasteiger charge is 2.19. The van der Waals surface area contributed by atoms with Gasteiger partial charge in [0.15, 0.2) is 0 Å². The van der Waals surface area contributed by atoms with E-state index < -0.39 is 23.9 Å². The van der Waals surface area contributed by atoms with Gasteiger partial charge < -0.3 is 4.57 Å². The van der Waals surface area contributed by atoms with Crippen molar-refractivity contribution in [2.24, 2.45) is 0 Å². The van der Waals surface area contributed by atoms with Crippen molar-refractivity contribution >= 4 is 23.2 Å². The van der Waals surface area contributed by atoms with Crippen molar-refractivity contribution < 1.29 is 17.6 Å². The van der Waals surface area contributed by atoms with Gasteiger partial charge in [0.2, 0.25) is 5.95 Å². The minimum atomic E-state index is -2.84. The van der Waals surface area contributed by atoms with Gasteiger partial charge in [-0.15, -0.1) is 0 Å². The summed E-state index contributed by atoms with van der Waals surface area (Å²) >= 11 is 11.3.